The lowest BCUT2D eigenvalue weighted by atomic mass is 10.2. The highest BCUT2D eigenvalue weighted by atomic mass is 32.2. The summed E-state index contributed by atoms with van der Waals surface area (Å²) in [4.78, 5) is 4.60. The molecule has 0 heterocycles. The zero-order valence-corrected chi connectivity index (χ0v) is 13.2. The standard InChI is InChI=1S/C15H19F3N2S/c1-9-6-10(16)11(20-13(19)15(18)4-5-15)7-12(9)21-8-14(2,3)17/h6-7H,4-5,8H2,1-3H3,(H2,19,20). The third kappa shape index (κ3) is 4.15. The van der Waals surface area contributed by atoms with Crippen LogP contribution in [0, 0.1) is 12.7 Å². The molecule has 116 valence electrons. The van der Waals surface area contributed by atoms with Crippen LogP contribution in [0.15, 0.2) is 22.0 Å². The molecule has 21 heavy (non-hydrogen) atoms. The van der Waals surface area contributed by atoms with Gasteiger partial charge in [0.25, 0.3) is 0 Å². The molecule has 1 aromatic carbocycles. The van der Waals surface area contributed by atoms with Gasteiger partial charge in [0.2, 0.25) is 0 Å². The summed E-state index contributed by atoms with van der Waals surface area (Å²) in [5.41, 5.74) is 3.38. The monoisotopic (exact) mass is 316 g/mol. The maximum atomic E-state index is 13.9. The number of aliphatic imine (C=N–C) groups is 1. The number of benzene rings is 1. The fourth-order valence-electron chi connectivity index (χ4n) is 1.73. The van der Waals surface area contributed by atoms with Crippen molar-refractivity contribution < 1.29 is 13.2 Å². The summed E-state index contributed by atoms with van der Waals surface area (Å²) in [6.07, 6.45) is 0.654. The van der Waals surface area contributed by atoms with Gasteiger partial charge in [-0.3, -0.25) is 0 Å². The van der Waals surface area contributed by atoms with Crippen molar-refractivity contribution in [3.05, 3.63) is 23.5 Å². The topological polar surface area (TPSA) is 38.4 Å². The minimum Gasteiger partial charge on any atom is -0.384 e. The van der Waals surface area contributed by atoms with E-state index in [0.29, 0.717) is 18.4 Å². The number of hydrogen-bond acceptors (Lipinski definition) is 2. The van der Waals surface area contributed by atoms with Crippen LogP contribution in [-0.4, -0.2) is 22.9 Å². The fourth-order valence-corrected chi connectivity index (χ4v) is 2.71. The van der Waals surface area contributed by atoms with Gasteiger partial charge in [0.1, 0.15) is 23.0 Å². The quantitative estimate of drug-likeness (QED) is 0.494. The van der Waals surface area contributed by atoms with Gasteiger partial charge < -0.3 is 5.73 Å². The Kier molecular flexibility index (Phi) is 4.29. The van der Waals surface area contributed by atoms with E-state index in [1.165, 1.54) is 37.7 Å². The summed E-state index contributed by atoms with van der Waals surface area (Å²) in [6, 6.07) is 2.82. The molecule has 1 saturated carbocycles. The van der Waals surface area contributed by atoms with E-state index in [1.54, 1.807) is 6.92 Å². The predicted octanol–water partition coefficient (Wildman–Crippen LogP) is 4.47. The van der Waals surface area contributed by atoms with Gasteiger partial charge in [0, 0.05) is 10.6 Å². The molecule has 0 aromatic heterocycles. The van der Waals surface area contributed by atoms with Crippen LogP contribution < -0.4 is 5.73 Å². The first-order valence-electron chi connectivity index (χ1n) is 6.76. The van der Waals surface area contributed by atoms with Gasteiger partial charge in [0.05, 0.1) is 0 Å². The molecule has 0 amide bonds. The lowest BCUT2D eigenvalue weighted by Crippen LogP contribution is -2.26. The second-order valence-corrected chi connectivity index (χ2v) is 7.06. The minimum atomic E-state index is -1.58. The van der Waals surface area contributed by atoms with Gasteiger partial charge in [-0.25, -0.2) is 18.2 Å². The molecule has 6 heteroatoms. The summed E-state index contributed by atoms with van der Waals surface area (Å²) < 4.78 is 41.2. The molecule has 0 aliphatic heterocycles. The number of nitrogens with two attached hydrogens (primary N) is 1. The van der Waals surface area contributed by atoms with E-state index in [0.717, 1.165) is 4.90 Å². The smallest absolute Gasteiger partial charge is 0.167 e. The third-order valence-corrected chi connectivity index (χ3v) is 4.79. The van der Waals surface area contributed by atoms with Crippen LogP contribution in [0.3, 0.4) is 0 Å². The van der Waals surface area contributed by atoms with Crippen LogP contribution in [0.5, 0.6) is 0 Å². The molecular formula is C15H19F3N2S. The number of rotatable bonds is 5. The average molecular weight is 316 g/mol. The molecule has 1 aromatic rings. The van der Waals surface area contributed by atoms with Crippen molar-refractivity contribution in [2.75, 3.05) is 5.75 Å². The Morgan fingerprint density at radius 2 is 2.05 bits per heavy atom. The zero-order chi connectivity index (χ0) is 15.8. The SMILES string of the molecule is Cc1cc(F)c(N=C(N)C2(F)CC2)cc1SCC(C)(C)F. The highest BCUT2D eigenvalue weighted by Crippen LogP contribution is 2.41. The highest BCUT2D eigenvalue weighted by Gasteiger charge is 2.47. The van der Waals surface area contributed by atoms with Gasteiger partial charge in [0.15, 0.2) is 5.67 Å². The van der Waals surface area contributed by atoms with Crippen molar-refractivity contribution in [2.24, 2.45) is 10.7 Å². The van der Waals surface area contributed by atoms with Gasteiger partial charge in [-0.05, 0) is 51.3 Å². The number of nitrogens with zero attached hydrogens (tertiary/aromatic N) is 1. The first-order chi connectivity index (χ1) is 9.61. The van der Waals surface area contributed by atoms with Crippen molar-refractivity contribution in [1.82, 2.24) is 0 Å². The van der Waals surface area contributed by atoms with Crippen molar-refractivity contribution in [2.45, 2.75) is 49.8 Å². The molecular weight excluding hydrogens is 297 g/mol. The summed E-state index contributed by atoms with van der Waals surface area (Å²) in [7, 11) is 0. The second-order valence-electron chi connectivity index (χ2n) is 6.04. The van der Waals surface area contributed by atoms with Crippen LogP contribution in [0.1, 0.15) is 32.3 Å². The summed E-state index contributed by atoms with van der Waals surface area (Å²) in [6.45, 7) is 4.71. The molecule has 0 atom stereocenters. The Morgan fingerprint density at radius 3 is 2.57 bits per heavy atom. The molecule has 2 rings (SSSR count). The van der Waals surface area contributed by atoms with Gasteiger partial charge in [-0.15, -0.1) is 11.8 Å². The Bertz CT molecular complexity index is 575. The molecule has 0 radical (unpaired) electrons. The molecule has 1 fully saturated rings. The first kappa shape index (κ1) is 16.2. The van der Waals surface area contributed by atoms with E-state index in [9.17, 15) is 13.2 Å². The number of halogens is 3. The van der Waals surface area contributed by atoms with Crippen LogP contribution >= 0.6 is 11.8 Å². The molecule has 2 N–H and O–H groups in total. The largest absolute Gasteiger partial charge is 0.384 e. The van der Waals surface area contributed by atoms with Crippen molar-refractivity contribution in [3.63, 3.8) is 0 Å². The van der Waals surface area contributed by atoms with Crippen LogP contribution in [-0.2, 0) is 0 Å². The van der Waals surface area contributed by atoms with Gasteiger partial charge in [-0.2, -0.15) is 0 Å². The van der Waals surface area contributed by atoms with Crippen molar-refractivity contribution in [1.29, 1.82) is 0 Å². The van der Waals surface area contributed by atoms with Crippen LogP contribution in [0.2, 0.25) is 0 Å². The number of amidine groups is 1. The zero-order valence-electron chi connectivity index (χ0n) is 12.3. The predicted molar refractivity (Wildman–Crippen MR) is 81.4 cm³/mol. The van der Waals surface area contributed by atoms with Crippen molar-refractivity contribution in [3.8, 4) is 0 Å². The first-order valence-corrected chi connectivity index (χ1v) is 7.75. The Morgan fingerprint density at radius 1 is 1.43 bits per heavy atom. The molecule has 0 saturated heterocycles. The molecule has 2 nitrogen and oxygen atoms in total. The van der Waals surface area contributed by atoms with Crippen LogP contribution in [0.4, 0.5) is 18.9 Å². The van der Waals surface area contributed by atoms with Gasteiger partial charge >= 0.3 is 0 Å². The summed E-state index contributed by atoms with van der Waals surface area (Å²) in [5, 5.41) is 0. The third-order valence-electron chi connectivity index (χ3n) is 3.20. The van der Waals surface area contributed by atoms with E-state index >= 15 is 0 Å². The minimum absolute atomic E-state index is 0.00110. The molecule has 1 aliphatic carbocycles. The van der Waals surface area contributed by atoms with E-state index in [-0.39, 0.29) is 17.3 Å². The maximum absolute atomic E-state index is 13.9. The molecule has 0 bridgehead atoms. The summed E-state index contributed by atoms with van der Waals surface area (Å²) >= 11 is 1.28. The van der Waals surface area contributed by atoms with E-state index in [4.69, 9.17) is 5.73 Å². The number of hydrogen-bond donors (Lipinski definition) is 1. The lowest BCUT2D eigenvalue weighted by molar-refractivity contribution is 0.253. The summed E-state index contributed by atoms with van der Waals surface area (Å²) in [5.74, 6) is -0.499. The average Bonchev–Trinajstić information content (AvgIpc) is 3.09. The second kappa shape index (κ2) is 5.55. The fraction of sp³-hybridized carbons (Fsp3) is 0.533. The highest BCUT2D eigenvalue weighted by molar-refractivity contribution is 7.99. The molecule has 0 spiro atoms. The van der Waals surface area contributed by atoms with Crippen LogP contribution in [0.25, 0.3) is 0 Å². The number of thioether (sulfide) groups is 1. The molecule has 0 unspecified atom stereocenters. The Labute approximate surface area is 127 Å². The van der Waals surface area contributed by atoms with Gasteiger partial charge in [-0.1, -0.05) is 0 Å². The number of aryl methyl sites for hydroxylation is 1. The Hall–Kier alpha value is -1.17. The van der Waals surface area contributed by atoms with E-state index in [1.807, 2.05) is 0 Å². The normalized spacial score (nSPS) is 17.9. The Balaban J connectivity index is 2.26. The van der Waals surface area contributed by atoms with Crippen molar-refractivity contribution >= 4 is 23.3 Å². The van der Waals surface area contributed by atoms with E-state index in [2.05, 4.69) is 4.99 Å². The lowest BCUT2D eigenvalue weighted by Gasteiger charge is -2.15. The van der Waals surface area contributed by atoms with E-state index < -0.39 is 17.2 Å². The maximum Gasteiger partial charge on any atom is 0.167 e. The molecule has 1 aliphatic rings. The number of alkyl halides is 2.